The number of benzene rings is 2. The molecule has 2 N–H and O–H groups in total. The number of fused-ring (bicyclic) bond motifs is 4. The van der Waals surface area contributed by atoms with Crippen LogP contribution in [0.25, 0.3) is 11.4 Å². The van der Waals surface area contributed by atoms with Gasteiger partial charge in [0.15, 0.2) is 0 Å². The maximum absolute atomic E-state index is 3.33. The maximum Gasteiger partial charge on any atom is 0.0878 e. The van der Waals surface area contributed by atoms with Crippen LogP contribution >= 0.6 is 0 Å². The van der Waals surface area contributed by atoms with Crippen molar-refractivity contribution in [1.29, 1.82) is 0 Å². The minimum Gasteiger partial charge on any atom is -0.370 e. The molecule has 0 aromatic heterocycles. The first-order chi connectivity index (χ1) is 10.3. The van der Waals surface area contributed by atoms with E-state index >= 15 is 0 Å². The smallest absolute Gasteiger partial charge is 0.0878 e. The van der Waals surface area contributed by atoms with Gasteiger partial charge in [0.25, 0.3) is 0 Å². The van der Waals surface area contributed by atoms with Crippen molar-refractivity contribution in [3.63, 3.8) is 0 Å². The highest BCUT2D eigenvalue weighted by atomic mass is 15.7. The summed E-state index contributed by atoms with van der Waals surface area (Å²) in [6.07, 6.45) is 0. The van der Waals surface area contributed by atoms with Gasteiger partial charge in [0.2, 0.25) is 0 Å². The Morgan fingerprint density at radius 1 is 0.905 bits per heavy atom. The van der Waals surface area contributed by atoms with Crippen LogP contribution in [0.2, 0.25) is 0 Å². The van der Waals surface area contributed by atoms with Crippen LogP contribution in [0.15, 0.2) is 48.5 Å². The third-order valence-corrected chi connectivity index (χ3v) is 4.19. The molecule has 2 aliphatic heterocycles. The van der Waals surface area contributed by atoms with Crippen molar-refractivity contribution in [1.82, 2.24) is 16.0 Å². The lowest BCUT2D eigenvalue weighted by Gasteiger charge is -2.28. The second kappa shape index (κ2) is 4.53. The minimum absolute atomic E-state index is 0.898. The van der Waals surface area contributed by atoms with Crippen LogP contribution in [-0.2, 0) is 6.54 Å². The first-order valence-corrected chi connectivity index (χ1v) is 7.14. The van der Waals surface area contributed by atoms with Crippen molar-refractivity contribution in [3.05, 3.63) is 65.2 Å². The number of hydrogen-bond acceptors (Lipinski definition) is 4. The summed E-state index contributed by atoms with van der Waals surface area (Å²) >= 11 is 0. The van der Waals surface area contributed by atoms with Crippen molar-refractivity contribution in [2.24, 2.45) is 0 Å². The van der Waals surface area contributed by atoms with E-state index in [4.69, 9.17) is 0 Å². The topological polar surface area (TPSA) is 30.5 Å². The molecule has 2 aromatic rings. The van der Waals surface area contributed by atoms with E-state index in [0.29, 0.717) is 0 Å². The van der Waals surface area contributed by atoms with E-state index in [2.05, 4.69) is 71.4 Å². The molecule has 0 spiro atoms. The van der Waals surface area contributed by atoms with Crippen molar-refractivity contribution in [3.8, 4) is 0 Å². The van der Waals surface area contributed by atoms with Gasteiger partial charge in [-0.1, -0.05) is 42.5 Å². The molecule has 106 valence electrons. The van der Waals surface area contributed by atoms with Gasteiger partial charge in [-0.25, -0.2) is 0 Å². The number of nitrogens with zero attached hydrogens (tertiary/aromatic N) is 2. The zero-order chi connectivity index (χ0) is 14.4. The molecule has 0 aliphatic carbocycles. The molecular formula is C17H18N4. The van der Waals surface area contributed by atoms with E-state index in [1.165, 1.54) is 28.1 Å². The van der Waals surface area contributed by atoms with Gasteiger partial charge in [-0.2, -0.15) is 0 Å². The molecule has 2 aliphatic rings. The van der Waals surface area contributed by atoms with Crippen LogP contribution in [0.1, 0.15) is 16.7 Å². The molecule has 0 bridgehead atoms. The summed E-state index contributed by atoms with van der Waals surface area (Å²) in [6.45, 7) is 0.898. The highest BCUT2D eigenvalue weighted by Crippen LogP contribution is 2.38. The van der Waals surface area contributed by atoms with Gasteiger partial charge in [0.1, 0.15) is 0 Å². The molecule has 0 fully saturated rings. The highest BCUT2D eigenvalue weighted by Gasteiger charge is 2.28. The van der Waals surface area contributed by atoms with Crippen molar-refractivity contribution < 1.29 is 0 Å². The van der Waals surface area contributed by atoms with Crippen molar-refractivity contribution >= 4 is 17.1 Å². The van der Waals surface area contributed by atoms with Crippen LogP contribution in [-0.4, -0.2) is 19.1 Å². The molecule has 0 radical (unpaired) electrons. The molecule has 2 aromatic carbocycles. The van der Waals surface area contributed by atoms with Crippen molar-refractivity contribution in [2.45, 2.75) is 6.54 Å². The molecule has 4 rings (SSSR count). The van der Waals surface area contributed by atoms with E-state index in [1.54, 1.807) is 0 Å². The van der Waals surface area contributed by atoms with Crippen LogP contribution in [0.3, 0.4) is 0 Å². The Morgan fingerprint density at radius 3 is 2.48 bits per heavy atom. The van der Waals surface area contributed by atoms with Gasteiger partial charge < -0.3 is 10.3 Å². The number of para-hydroxylation sites is 1. The summed E-state index contributed by atoms with van der Waals surface area (Å²) in [7, 11) is 4.19. The molecule has 0 saturated carbocycles. The largest absolute Gasteiger partial charge is 0.370 e. The SMILES string of the molecule is CN1NNC2=C1c1ccccc1N(C)Cc1ccccc12. The summed E-state index contributed by atoms with van der Waals surface area (Å²) in [4.78, 5) is 2.31. The Bertz CT molecular complexity index is 735. The van der Waals surface area contributed by atoms with Gasteiger partial charge in [-0.3, -0.25) is 5.01 Å². The number of anilines is 1. The van der Waals surface area contributed by atoms with Gasteiger partial charge in [-0.15, -0.1) is 5.53 Å². The normalized spacial score (nSPS) is 16.7. The second-order valence-corrected chi connectivity index (χ2v) is 5.55. The Balaban J connectivity index is 2.05. The molecule has 0 saturated heterocycles. The zero-order valence-electron chi connectivity index (χ0n) is 12.2. The fourth-order valence-corrected chi connectivity index (χ4v) is 3.18. The van der Waals surface area contributed by atoms with E-state index in [9.17, 15) is 0 Å². The quantitative estimate of drug-likeness (QED) is 0.775. The van der Waals surface area contributed by atoms with Gasteiger partial charge in [0, 0.05) is 37.5 Å². The summed E-state index contributed by atoms with van der Waals surface area (Å²) in [5.74, 6) is 0. The summed E-state index contributed by atoms with van der Waals surface area (Å²) in [6, 6.07) is 17.1. The minimum atomic E-state index is 0.898. The number of rotatable bonds is 0. The van der Waals surface area contributed by atoms with Gasteiger partial charge in [0.05, 0.1) is 11.4 Å². The predicted molar refractivity (Wildman–Crippen MR) is 85.8 cm³/mol. The lowest BCUT2D eigenvalue weighted by Crippen LogP contribution is -2.34. The zero-order valence-corrected chi connectivity index (χ0v) is 12.2. The van der Waals surface area contributed by atoms with E-state index < -0.39 is 0 Å². The molecule has 0 amide bonds. The van der Waals surface area contributed by atoms with Crippen molar-refractivity contribution in [2.75, 3.05) is 19.0 Å². The highest BCUT2D eigenvalue weighted by molar-refractivity contribution is 5.95. The average molecular weight is 278 g/mol. The standard InChI is InChI=1S/C17H18N4/c1-20-11-12-7-3-4-8-13(12)16-17(21(2)19-18-16)14-9-5-6-10-15(14)20/h3-10,18-19H,11H2,1-2H3. The average Bonchev–Trinajstić information content (AvgIpc) is 2.87. The lowest BCUT2D eigenvalue weighted by atomic mass is 9.96. The van der Waals surface area contributed by atoms with Crippen LogP contribution in [0.4, 0.5) is 5.69 Å². The van der Waals surface area contributed by atoms with E-state index in [0.717, 1.165) is 12.2 Å². The molecular weight excluding hydrogens is 260 g/mol. The number of hydrogen-bond donors (Lipinski definition) is 2. The van der Waals surface area contributed by atoms with Crippen LogP contribution in [0.5, 0.6) is 0 Å². The molecule has 0 unspecified atom stereocenters. The summed E-state index contributed by atoms with van der Waals surface area (Å²) in [5, 5.41) is 2.05. The first kappa shape index (κ1) is 12.3. The Morgan fingerprint density at radius 2 is 1.62 bits per heavy atom. The second-order valence-electron chi connectivity index (χ2n) is 5.55. The Labute approximate surface area is 124 Å². The van der Waals surface area contributed by atoms with Gasteiger partial charge in [-0.05, 0) is 11.6 Å². The monoisotopic (exact) mass is 278 g/mol. The molecule has 0 atom stereocenters. The molecule has 4 heteroatoms. The van der Waals surface area contributed by atoms with E-state index in [-0.39, 0.29) is 0 Å². The summed E-state index contributed by atoms with van der Waals surface area (Å²) in [5.41, 5.74) is 13.9. The Kier molecular flexibility index (Phi) is 2.65. The Hall–Kier alpha value is -2.46. The van der Waals surface area contributed by atoms with Gasteiger partial charge >= 0.3 is 0 Å². The third-order valence-electron chi connectivity index (χ3n) is 4.19. The third kappa shape index (κ3) is 1.80. The lowest BCUT2D eigenvalue weighted by molar-refractivity contribution is 0.346. The molecule has 4 nitrogen and oxygen atoms in total. The molecule has 21 heavy (non-hydrogen) atoms. The number of hydrazine groups is 2. The fourth-order valence-electron chi connectivity index (χ4n) is 3.18. The fraction of sp³-hybridized carbons (Fsp3) is 0.176. The van der Waals surface area contributed by atoms with Crippen LogP contribution in [0, 0.1) is 0 Å². The summed E-state index contributed by atoms with van der Waals surface area (Å²) < 4.78 is 0. The van der Waals surface area contributed by atoms with Crippen LogP contribution < -0.4 is 15.9 Å². The number of nitrogens with one attached hydrogen (secondary N) is 2. The van der Waals surface area contributed by atoms with E-state index in [1.807, 2.05) is 12.1 Å². The maximum atomic E-state index is 3.33. The predicted octanol–water partition coefficient (Wildman–Crippen LogP) is 2.42. The first-order valence-electron chi connectivity index (χ1n) is 7.14. The molecule has 2 heterocycles.